The molecule has 2 aromatic heterocycles. The van der Waals surface area contributed by atoms with E-state index in [9.17, 15) is 9.59 Å². The van der Waals surface area contributed by atoms with Crippen molar-refractivity contribution in [1.29, 1.82) is 0 Å². The minimum absolute atomic E-state index is 0.170. The summed E-state index contributed by atoms with van der Waals surface area (Å²) in [5, 5.41) is 4.06. The molecule has 2 aromatic carbocycles. The molecule has 0 saturated carbocycles. The molecule has 240 valence electrons. The summed E-state index contributed by atoms with van der Waals surface area (Å²) < 4.78 is 0. The molecule has 0 radical (unpaired) electrons. The van der Waals surface area contributed by atoms with Crippen molar-refractivity contribution >= 4 is 40.2 Å². The van der Waals surface area contributed by atoms with Crippen molar-refractivity contribution in [1.82, 2.24) is 14.9 Å². The molecule has 0 aliphatic heterocycles. The van der Waals surface area contributed by atoms with Gasteiger partial charge in [0.15, 0.2) is 0 Å². The van der Waals surface area contributed by atoms with E-state index in [0.29, 0.717) is 17.9 Å². The highest BCUT2D eigenvalue weighted by Crippen LogP contribution is 2.38. The van der Waals surface area contributed by atoms with Crippen molar-refractivity contribution in [3.63, 3.8) is 0 Å². The van der Waals surface area contributed by atoms with Gasteiger partial charge in [0.25, 0.3) is 5.56 Å². The van der Waals surface area contributed by atoms with Crippen LogP contribution in [0, 0.1) is 0 Å². The molecular formula is C37H49N5O2S. The first kappa shape index (κ1) is 34.3. The Hall–Kier alpha value is -3.62. The summed E-state index contributed by atoms with van der Waals surface area (Å²) in [7, 11) is 0. The molecule has 0 fully saturated rings. The molecule has 0 bridgehead atoms. The maximum atomic E-state index is 14.1. The number of anilines is 2. The second-order valence-corrected chi connectivity index (χ2v) is 13.3. The number of amides is 2. The van der Waals surface area contributed by atoms with Crippen LogP contribution in [0.3, 0.4) is 0 Å². The zero-order valence-corrected chi connectivity index (χ0v) is 28.8. The van der Waals surface area contributed by atoms with Crippen molar-refractivity contribution in [3.05, 3.63) is 82.3 Å². The van der Waals surface area contributed by atoms with E-state index < -0.39 is 0 Å². The van der Waals surface area contributed by atoms with Crippen molar-refractivity contribution in [3.8, 4) is 11.1 Å². The lowest BCUT2D eigenvalue weighted by Gasteiger charge is -2.27. The minimum Gasteiger partial charge on any atom is -0.307 e. The molecular weight excluding hydrogens is 579 g/mol. The third-order valence-corrected chi connectivity index (χ3v) is 9.25. The summed E-state index contributed by atoms with van der Waals surface area (Å²) in [6.07, 6.45) is 3.31. The second-order valence-electron chi connectivity index (χ2n) is 12.1. The highest BCUT2D eigenvalue weighted by Gasteiger charge is 2.24. The topological polar surface area (TPSA) is 81.3 Å². The van der Waals surface area contributed by atoms with Gasteiger partial charge in [-0.1, -0.05) is 67.0 Å². The zero-order chi connectivity index (χ0) is 32.5. The number of urea groups is 1. The molecule has 0 spiro atoms. The number of benzene rings is 2. The number of hydrogen-bond acceptors (Lipinski definition) is 5. The summed E-state index contributed by atoms with van der Waals surface area (Å²) in [6, 6.07) is 18.4. The van der Waals surface area contributed by atoms with E-state index in [1.807, 2.05) is 23.9 Å². The molecule has 4 rings (SSSR count). The monoisotopic (exact) mass is 627 g/mol. The Kier molecular flexibility index (Phi) is 12.3. The quantitative estimate of drug-likeness (QED) is 0.136. The van der Waals surface area contributed by atoms with E-state index in [-0.39, 0.29) is 23.4 Å². The zero-order valence-electron chi connectivity index (χ0n) is 27.9. The Morgan fingerprint density at radius 3 is 2.27 bits per heavy atom. The molecule has 2 heterocycles. The van der Waals surface area contributed by atoms with E-state index >= 15 is 0 Å². The predicted octanol–water partition coefficient (Wildman–Crippen LogP) is 9.11. The minimum atomic E-state index is -0.328. The van der Waals surface area contributed by atoms with Crippen LogP contribution in [0.4, 0.5) is 16.2 Å². The summed E-state index contributed by atoms with van der Waals surface area (Å²) in [5.74, 6) is 1.39. The predicted molar refractivity (Wildman–Crippen MR) is 192 cm³/mol. The number of pyridine rings is 2. The van der Waals surface area contributed by atoms with Crippen LogP contribution in [0.2, 0.25) is 0 Å². The first-order valence-corrected chi connectivity index (χ1v) is 17.3. The highest BCUT2D eigenvalue weighted by atomic mass is 32.2. The van der Waals surface area contributed by atoms with Crippen LogP contribution in [0.1, 0.15) is 84.3 Å². The summed E-state index contributed by atoms with van der Waals surface area (Å²) in [6.45, 7) is 18.8. The molecule has 2 amide bonds. The lowest BCUT2D eigenvalue weighted by Crippen LogP contribution is -2.39. The van der Waals surface area contributed by atoms with Gasteiger partial charge in [-0.3, -0.25) is 9.69 Å². The first-order chi connectivity index (χ1) is 21.7. The SMILES string of the molecule is CCCCN(C(=O)Nc1c(C(C)C)cc(-c2cccc(SCCN(CC)CC)c2)cc1C(C)C)c1cc2cccnc2[nH]c1=O. The standard InChI is InChI=1S/C37H49N5O2S/c1-8-11-18-42(33-24-28-15-13-17-38-35(28)40-36(33)43)37(44)39-34-31(25(4)5)22-29(23-32(34)26(6)7)27-14-12-16-30(21-27)45-20-19-41(9-2)10-3/h12-17,21-26H,8-11,18-20H2,1-7H3,(H,39,44)(H,38,40,43). The Labute approximate surface area is 272 Å². The number of aromatic amines is 1. The molecule has 0 aliphatic rings. The lowest BCUT2D eigenvalue weighted by atomic mass is 9.88. The van der Waals surface area contributed by atoms with Gasteiger partial charge in [0.05, 0.1) is 0 Å². The van der Waals surface area contributed by atoms with Crippen LogP contribution in [0.25, 0.3) is 22.2 Å². The number of rotatable bonds is 14. The molecule has 7 nitrogen and oxygen atoms in total. The van der Waals surface area contributed by atoms with Gasteiger partial charge in [0, 0.05) is 41.0 Å². The van der Waals surface area contributed by atoms with Crippen molar-refractivity contribution in [2.24, 2.45) is 0 Å². The van der Waals surface area contributed by atoms with Gasteiger partial charge in [0.1, 0.15) is 11.3 Å². The maximum absolute atomic E-state index is 14.1. The third kappa shape index (κ3) is 8.56. The fourth-order valence-corrected chi connectivity index (χ4v) is 6.52. The number of nitrogens with one attached hydrogen (secondary N) is 2. The molecule has 2 N–H and O–H groups in total. The Balaban J connectivity index is 1.69. The molecule has 0 aliphatic carbocycles. The fraction of sp³-hybridized carbons (Fsp3) is 0.432. The molecule has 0 saturated heterocycles. The number of nitrogens with zero attached hydrogens (tertiary/aromatic N) is 3. The van der Waals surface area contributed by atoms with Gasteiger partial charge < -0.3 is 15.2 Å². The average molecular weight is 628 g/mol. The summed E-state index contributed by atoms with van der Waals surface area (Å²) in [5.41, 5.74) is 5.81. The van der Waals surface area contributed by atoms with Crippen LogP contribution in [-0.4, -0.2) is 52.8 Å². The molecule has 0 atom stereocenters. The Morgan fingerprint density at radius 2 is 1.62 bits per heavy atom. The lowest BCUT2D eigenvalue weighted by molar-refractivity contribution is 0.256. The Bertz CT molecular complexity index is 1610. The smallest absolute Gasteiger partial charge is 0.307 e. The largest absolute Gasteiger partial charge is 0.326 e. The number of carbonyl (C=O) groups is 1. The fourth-order valence-electron chi connectivity index (χ4n) is 5.55. The van der Waals surface area contributed by atoms with Crippen molar-refractivity contribution in [2.45, 2.75) is 78.0 Å². The van der Waals surface area contributed by atoms with E-state index in [1.165, 1.54) is 10.5 Å². The molecule has 0 unspecified atom stereocenters. The number of unbranched alkanes of at least 4 members (excludes halogenated alkanes) is 1. The first-order valence-electron chi connectivity index (χ1n) is 16.4. The van der Waals surface area contributed by atoms with Crippen LogP contribution < -0.4 is 15.8 Å². The normalized spacial score (nSPS) is 11.6. The van der Waals surface area contributed by atoms with E-state index in [0.717, 1.165) is 66.0 Å². The number of carbonyl (C=O) groups excluding carboxylic acids is 1. The number of fused-ring (bicyclic) bond motifs is 1. The number of hydrogen-bond donors (Lipinski definition) is 2. The van der Waals surface area contributed by atoms with Crippen LogP contribution in [0.15, 0.2) is 70.5 Å². The van der Waals surface area contributed by atoms with Crippen molar-refractivity contribution in [2.75, 3.05) is 42.1 Å². The van der Waals surface area contributed by atoms with Gasteiger partial charge in [-0.05, 0) is 96.1 Å². The van der Waals surface area contributed by atoms with Crippen LogP contribution in [-0.2, 0) is 0 Å². The second kappa shape index (κ2) is 16.1. The molecule has 45 heavy (non-hydrogen) atoms. The number of aromatic nitrogens is 2. The average Bonchev–Trinajstić information content (AvgIpc) is 3.03. The van der Waals surface area contributed by atoms with Gasteiger partial charge in [-0.25, -0.2) is 9.78 Å². The van der Waals surface area contributed by atoms with Gasteiger partial charge in [-0.2, -0.15) is 0 Å². The van der Waals surface area contributed by atoms with Crippen LogP contribution >= 0.6 is 11.8 Å². The van der Waals surface area contributed by atoms with Crippen molar-refractivity contribution < 1.29 is 4.79 Å². The summed E-state index contributed by atoms with van der Waals surface area (Å²) >= 11 is 1.89. The third-order valence-electron chi connectivity index (χ3n) is 8.28. The van der Waals surface area contributed by atoms with Gasteiger partial charge in [0.2, 0.25) is 0 Å². The molecule has 8 heteroatoms. The number of H-pyrrole nitrogens is 1. The number of thioether (sulfide) groups is 1. The van der Waals surface area contributed by atoms with Gasteiger partial charge >= 0.3 is 6.03 Å². The van der Waals surface area contributed by atoms with Crippen LogP contribution in [0.5, 0.6) is 0 Å². The molecule has 4 aromatic rings. The Morgan fingerprint density at radius 1 is 0.911 bits per heavy atom. The van der Waals surface area contributed by atoms with Gasteiger partial charge in [-0.15, -0.1) is 11.8 Å². The van der Waals surface area contributed by atoms with E-state index in [4.69, 9.17) is 0 Å². The summed E-state index contributed by atoms with van der Waals surface area (Å²) in [4.78, 5) is 39.7. The van der Waals surface area contributed by atoms with E-state index in [2.05, 4.69) is 105 Å². The maximum Gasteiger partial charge on any atom is 0.326 e. The van der Waals surface area contributed by atoms with E-state index in [1.54, 1.807) is 17.2 Å². The highest BCUT2D eigenvalue weighted by molar-refractivity contribution is 7.99.